The topological polar surface area (TPSA) is 102 Å². The van der Waals surface area contributed by atoms with Gasteiger partial charge in [-0.3, -0.25) is 9.59 Å². The molecule has 2 aliphatic heterocycles. The summed E-state index contributed by atoms with van der Waals surface area (Å²) in [6, 6.07) is 0. The number of hydrogen-bond donors (Lipinski definition) is 2. The number of carboxylic acid groups (broad SMARTS) is 1. The summed E-state index contributed by atoms with van der Waals surface area (Å²) in [6.07, 6.45) is 14.9. The maximum Gasteiger partial charge on any atom is 0.303 e. The fourth-order valence-corrected chi connectivity index (χ4v) is 4.97. The van der Waals surface area contributed by atoms with E-state index in [1.807, 2.05) is 12.2 Å². The lowest BCUT2D eigenvalue weighted by molar-refractivity contribution is -0.136. The number of carbonyl (C=O) groups is 2. The predicted octanol–water partition coefficient (Wildman–Crippen LogP) is 5.47. The van der Waals surface area contributed by atoms with E-state index < -0.39 is 5.97 Å². The number of amides is 1. The quantitative estimate of drug-likeness (QED) is 0.299. The zero-order valence-electron chi connectivity index (χ0n) is 20.3. The highest BCUT2D eigenvalue weighted by molar-refractivity contribution is 5.91. The second-order valence-corrected chi connectivity index (χ2v) is 10.7. The van der Waals surface area contributed by atoms with Crippen LogP contribution in [-0.4, -0.2) is 40.7 Å². The van der Waals surface area contributed by atoms with E-state index in [9.17, 15) is 9.59 Å². The van der Waals surface area contributed by atoms with E-state index in [0.717, 1.165) is 32.1 Å². The highest BCUT2D eigenvalue weighted by atomic mass is 16.5. The SMILES string of the molecule is CC(C)(C)CCCCCCNC(=O)c1coc([C@@H]2[C@H](C/C=C\CCC(=O)O)[C@H]3CC[C@@H]2O3)n1. The normalized spacial score (nSPS) is 24.6. The van der Waals surface area contributed by atoms with E-state index in [1.165, 1.54) is 25.5 Å². The van der Waals surface area contributed by atoms with Crippen molar-refractivity contribution >= 4 is 11.9 Å². The predicted molar refractivity (Wildman–Crippen MR) is 126 cm³/mol. The van der Waals surface area contributed by atoms with Gasteiger partial charge in [0.25, 0.3) is 5.91 Å². The standard InChI is InChI=1S/C26H40N2O5/c1-26(2,3)15-9-4-5-10-16-27-24(31)19-17-32-25(28-19)23-18(20-13-14-21(23)33-20)11-7-6-8-12-22(29)30/h6-7,17-18,20-21,23H,4-5,8-16H2,1-3H3,(H,27,31)(H,29,30)/b7-6-/t18-,20-,21+,23-/m1/s1. The number of fused-ring (bicyclic) bond motifs is 2. The van der Waals surface area contributed by atoms with Crippen molar-refractivity contribution in [3.63, 3.8) is 0 Å². The van der Waals surface area contributed by atoms with E-state index in [4.69, 9.17) is 14.3 Å². The van der Waals surface area contributed by atoms with Crippen LogP contribution >= 0.6 is 0 Å². The largest absolute Gasteiger partial charge is 0.481 e. The van der Waals surface area contributed by atoms with Crippen LogP contribution in [0.15, 0.2) is 22.8 Å². The molecule has 2 N–H and O–H groups in total. The first kappa shape index (κ1) is 25.5. The van der Waals surface area contributed by atoms with E-state index >= 15 is 0 Å². The second-order valence-electron chi connectivity index (χ2n) is 10.7. The maximum atomic E-state index is 12.5. The van der Waals surface area contributed by atoms with Crippen molar-refractivity contribution in [2.45, 2.75) is 103 Å². The van der Waals surface area contributed by atoms with Gasteiger partial charge in [0.1, 0.15) is 6.26 Å². The number of aromatic nitrogens is 1. The smallest absolute Gasteiger partial charge is 0.303 e. The molecule has 2 saturated heterocycles. The zero-order valence-corrected chi connectivity index (χ0v) is 20.3. The maximum absolute atomic E-state index is 12.5. The molecule has 3 heterocycles. The average molecular weight is 461 g/mol. The number of nitrogens with zero attached hydrogens (tertiary/aromatic N) is 1. The number of aliphatic carboxylic acids is 1. The van der Waals surface area contributed by atoms with Crippen molar-refractivity contribution in [3.05, 3.63) is 30.0 Å². The van der Waals surface area contributed by atoms with E-state index in [1.54, 1.807) is 0 Å². The van der Waals surface area contributed by atoms with Gasteiger partial charge in [-0.2, -0.15) is 0 Å². The molecule has 0 spiro atoms. The highest BCUT2D eigenvalue weighted by Gasteiger charge is 2.51. The molecule has 0 radical (unpaired) electrons. The van der Waals surface area contributed by atoms with Crippen LogP contribution in [0.5, 0.6) is 0 Å². The van der Waals surface area contributed by atoms with Crippen molar-refractivity contribution < 1.29 is 23.8 Å². The Morgan fingerprint density at radius 1 is 1.15 bits per heavy atom. The zero-order chi connectivity index (χ0) is 23.8. The van der Waals surface area contributed by atoms with Gasteiger partial charge < -0.3 is 19.6 Å². The number of carboxylic acids is 1. The highest BCUT2D eigenvalue weighted by Crippen LogP contribution is 2.50. The monoisotopic (exact) mass is 460 g/mol. The van der Waals surface area contributed by atoms with Crippen LogP contribution in [-0.2, 0) is 9.53 Å². The molecule has 0 unspecified atom stereocenters. The molecule has 2 fully saturated rings. The summed E-state index contributed by atoms with van der Waals surface area (Å²) >= 11 is 0. The number of rotatable bonds is 13. The van der Waals surface area contributed by atoms with Crippen molar-refractivity contribution in [1.29, 1.82) is 0 Å². The minimum atomic E-state index is -0.785. The number of allylic oxidation sites excluding steroid dienone is 2. The Morgan fingerprint density at radius 3 is 2.67 bits per heavy atom. The molecule has 4 atom stereocenters. The van der Waals surface area contributed by atoms with Gasteiger partial charge in [-0.25, -0.2) is 4.98 Å². The van der Waals surface area contributed by atoms with E-state index in [-0.39, 0.29) is 36.4 Å². The third-order valence-corrected chi connectivity index (χ3v) is 6.70. The summed E-state index contributed by atoms with van der Waals surface area (Å²) in [6.45, 7) is 7.45. The number of nitrogens with one attached hydrogen (secondary N) is 1. The van der Waals surface area contributed by atoms with Gasteiger partial charge >= 0.3 is 5.97 Å². The Hall–Kier alpha value is -2.15. The lowest BCUT2D eigenvalue weighted by Gasteiger charge is -2.24. The Bertz CT molecular complexity index is 810. The van der Waals surface area contributed by atoms with Gasteiger partial charge in [0, 0.05) is 18.9 Å². The number of hydrogen-bond acceptors (Lipinski definition) is 5. The van der Waals surface area contributed by atoms with Crippen LogP contribution in [0.4, 0.5) is 0 Å². The molecule has 0 aliphatic carbocycles. The van der Waals surface area contributed by atoms with Crippen molar-refractivity contribution in [3.8, 4) is 0 Å². The molecule has 0 aromatic carbocycles. The number of ether oxygens (including phenoxy) is 1. The third-order valence-electron chi connectivity index (χ3n) is 6.70. The molecule has 184 valence electrons. The van der Waals surface area contributed by atoms with E-state index in [2.05, 4.69) is 31.1 Å². The minimum Gasteiger partial charge on any atom is -0.481 e. The Labute approximate surface area is 197 Å². The molecule has 33 heavy (non-hydrogen) atoms. The van der Waals surface area contributed by atoms with E-state index in [0.29, 0.717) is 30.0 Å². The van der Waals surface area contributed by atoms with Crippen molar-refractivity contribution in [2.24, 2.45) is 11.3 Å². The first-order valence-corrected chi connectivity index (χ1v) is 12.5. The summed E-state index contributed by atoms with van der Waals surface area (Å²) in [5.41, 5.74) is 0.717. The third kappa shape index (κ3) is 7.70. The summed E-state index contributed by atoms with van der Waals surface area (Å²) < 4.78 is 11.9. The summed E-state index contributed by atoms with van der Waals surface area (Å²) in [5, 5.41) is 11.7. The van der Waals surface area contributed by atoms with Gasteiger partial charge in [-0.15, -0.1) is 0 Å². The minimum absolute atomic E-state index is 0.0391. The summed E-state index contributed by atoms with van der Waals surface area (Å²) in [4.78, 5) is 27.7. The van der Waals surface area contributed by atoms with Gasteiger partial charge in [-0.05, 0) is 43.9 Å². The molecular formula is C26H40N2O5. The first-order chi connectivity index (χ1) is 15.7. The lowest BCUT2D eigenvalue weighted by Crippen LogP contribution is -2.26. The fourth-order valence-electron chi connectivity index (χ4n) is 4.97. The van der Waals surface area contributed by atoms with Gasteiger partial charge in [0.05, 0.1) is 18.1 Å². The van der Waals surface area contributed by atoms with Crippen molar-refractivity contribution in [1.82, 2.24) is 10.3 Å². The van der Waals surface area contributed by atoms with Crippen LogP contribution in [0.2, 0.25) is 0 Å². The first-order valence-electron chi connectivity index (χ1n) is 12.5. The van der Waals surface area contributed by atoms with Gasteiger partial charge in [-0.1, -0.05) is 52.2 Å². The van der Waals surface area contributed by atoms with Crippen molar-refractivity contribution in [2.75, 3.05) is 6.54 Å². The molecule has 7 heteroatoms. The molecule has 3 rings (SSSR count). The number of oxazole rings is 1. The Kier molecular flexibility index (Phi) is 9.12. The molecular weight excluding hydrogens is 420 g/mol. The van der Waals surface area contributed by atoms with Crippen LogP contribution in [0.3, 0.4) is 0 Å². The van der Waals surface area contributed by atoms with Crippen LogP contribution in [0, 0.1) is 11.3 Å². The van der Waals surface area contributed by atoms with Crippen LogP contribution < -0.4 is 5.32 Å². The summed E-state index contributed by atoms with van der Waals surface area (Å²) in [7, 11) is 0. The van der Waals surface area contributed by atoms with Crippen LogP contribution in [0.25, 0.3) is 0 Å². The van der Waals surface area contributed by atoms with Gasteiger partial charge in [0.2, 0.25) is 5.89 Å². The number of carbonyl (C=O) groups excluding carboxylic acids is 1. The molecule has 7 nitrogen and oxygen atoms in total. The molecule has 1 aromatic heterocycles. The molecule has 1 aromatic rings. The molecule has 0 saturated carbocycles. The molecule has 1 amide bonds. The van der Waals surface area contributed by atoms with Gasteiger partial charge in [0.15, 0.2) is 5.69 Å². The lowest BCUT2D eigenvalue weighted by atomic mass is 9.77. The Balaban J connectivity index is 1.45. The number of unbranched alkanes of at least 4 members (excludes halogenated alkanes) is 3. The Morgan fingerprint density at radius 2 is 1.91 bits per heavy atom. The second kappa shape index (κ2) is 11.8. The fraction of sp³-hybridized carbons (Fsp3) is 0.731. The average Bonchev–Trinajstić information content (AvgIpc) is 3.47. The van der Waals surface area contributed by atoms with Crippen LogP contribution in [0.1, 0.15) is 107 Å². The molecule has 2 bridgehead atoms. The summed E-state index contributed by atoms with van der Waals surface area (Å²) in [5.74, 6) is -0.107. The molecule has 2 aliphatic rings.